The molecule has 0 radical (unpaired) electrons. The molecule has 0 unspecified atom stereocenters. The maximum absolute atomic E-state index is 12.8. The van der Waals surface area contributed by atoms with Crippen molar-refractivity contribution in [3.63, 3.8) is 0 Å². The second-order valence-corrected chi connectivity index (χ2v) is 5.41. The summed E-state index contributed by atoms with van der Waals surface area (Å²) in [6.45, 7) is 3.30. The minimum Gasteiger partial charge on any atom is -0.370 e. The van der Waals surface area contributed by atoms with Gasteiger partial charge < -0.3 is 9.80 Å². The summed E-state index contributed by atoms with van der Waals surface area (Å²) < 4.78 is 38.4. The molecule has 0 aromatic heterocycles. The molecule has 5 heteroatoms. The van der Waals surface area contributed by atoms with Gasteiger partial charge in [-0.1, -0.05) is 0 Å². The zero-order chi connectivity index (χ0) is 14.2. The van der Waals surface area contributed by atoms with Crippen LogP contribution in [-0.2, 0) is 6.18 Å². The lowest BCUT2D eigenvalue weighted by Gasteiger charge is -2.23. The van der Waals surface area contributed by atoms with Crippen LogP contribution in [0.3, 0.4) is 0 Å². The van der Waals surface area contributed by atoms with Crippen molar-refractivity contribution in [1.29, 1.82) is 0 Å². The smallest absolute Gasteiger partial charge is 0.370 e. The van der Waals surface area contributed by atoms with Gasteiger partial charge in [0.05, 0.1) is 5.56 Å². The van der Waals surface area contributed by atoms with Gasteiger partial charge in [0.15, 0.2) is 0 Å². The van der Waals surface area contributed by atoms with Gasteiger partial charge in [-0.2, -0.15) is 13.2 Å². The van der Waals surface area contributed by atoms with E-state index >= 15 is 0 Å². The van der Waals surface area contributed by atoms with E-state index in [9.17, 15) is 13.2 Å². The second kappa shape index (κ2) is 5.04. The van der Waals surface area contributed by atoms with Gasteiger partial charge in [-0.25, -0.2) is 0 Å². The fourth-order valence-electron chi connectivity index (χ4n) is 2.51. The van der Waals surface area contributed by atoms with Crippen molar-refractivity contribution >= 4 is 5.69 Å². The monoisotopic (exact) mass is 272 g/mol. The fourth-order valence-corrected chi connectivity index (χ4v) is 2.51. The average molecular weight is 272 g/mol. The minimum atomic E-state index is -4.28. The summed E-state index contributed by atoms with van der Waals surface area (Å²) >= 11 is 0. The molecule has 1 fully saturated rings. The van der Waals surface area contributed by atoms with E-state index < -0.39 is 11.7 Å². The molecule has 0 amide bonds. The molecule has 1 aromatic rings. The predicted molar refractivity (Wildman–Crippen MR) is 70.5 cm³/mol. The number of likely N-dealkylation sites (N-methyl/N-ethyl adjacent to an activating group) is 1. The summed E-state index contributed by atoms with van der Waals surface area (Å²) in [5, 5.41) is 0. The third kappa shape index (κ3) is 3.21. The summed E-state index contributed by atoms with van der Waals surface area (Å²) in [5.74, 6) is 0. The van der Waals surface area contributed by atoms with E-state index in [1.807, 2.05) is 25.1 Å². The number of hydrogen-bond acceptors (Lipinski definition) is 2. The lowest BCUT2D eigenvalue weighted by molar-refractivity contribution is -0.137. The van der Waals surface area contributed by atoms with E-state index in [1.54, 1.807) is 6.92 Å². The number of rotatable bonds is 2. The normalized spacial score (nSPS) is 20.4. The van der Waals surface area contributed by atoms with Crippen LogP contribution in [0.5, 0.6) is 0 Å². The summed E-state index contributed by atoms with van der Waals surface area (Å²) in [6, 6.07) is 4.69. The Kier molecular flexibility index (Phi) is 3.76. The number of alkyl halides is 3. The molecule has 106 valence electrons. The molecule has 0 N–H and O–H groups in total. The van der Waals surface area contributed by atoms with E-state index in [0.29, 0.717) is 17.3 Å². The van der Waals surface area contributed by atoms with Crippen LogP contribution in [0, 0.1) is 6.92 Å². The standard InChI is InChI=1S/C14H19F3N2/c1-10-6-11(14(15,16)17)8-13(7-10)19-5-4-12(9-19)18(2)3/h6-8,12H,4-5,9H2,1-3H3/t12-/m0/s1. The zero-order valence-corrected chi connectivity index (χ0v) is 11.5. The van der Waals surface area contributed by atoms with Crippen molar-refractivity contribution in [2.45, 2.75) is 25.6 Å². The van der Waals surface area contributed by atoms with Gasteiger partial charge in [0.1, 0.15) is 0 Å². The van der Waals surface area contributed by atoms with Crippen LogP contribution in [0.1, 0.15) is 17.5 Å². The summed E-state index contributed by atoms with van der Waals surface area (Å²) in [6.07, 6.45) is -3.29. The molecule has 19 heavy (non-hydrogen) atoms. The molecule has 1 saturated heterocycles. The molecule has 1 aliphatic rings. The van der Waals surface area contributed by atoms with E-state index in [-0.39, 0.29) is 0 Å². The third-order valence-electron chi connectivity index (χ3n) is 3.65. The van der Waals surface area contributed by atoms with Crippen LogP contribution in [0.4, 0.5) is 18.9 Å². The Morgan fingerprint density at radius 1 is 1.21 bits per heavy atom. The highest BCUT2D eigenvalue weighted by Crippen LogP contribution is 2.33. The van der Waals surface area contributed by atoms with E-state index in [4.69, 9.17) is 0 Å². The second-order valence-electron chi connectivity index (χ2n) is 5.41. The predicted octanol–water partition coefficient (Wildman–Crippen LogP) is 3.15. The Morgan fingerprint density at radius 3 is 2.42 bits per heavy atom. The van der Waals surface area contributed by atoms with Gasteiger partial charge in [0, 0.05) is 24.8 Å². The van der Waals surface area contributed by atoms with Crippen LogP contribution in [-0.4, -0.2) is 38.1 Å². The maximum Gasteiger partial charge on any atom is 0.416 e. The van der Waals surface area contributed by atoms with E-state index in [1.165, 1.54) is 12.1 Å². The van der Waals surface area contributed by atoms with E-state index in [0.717, 1.165) is 19.5 Å². The molecule has 0 saturated carbocycles. The van der Waals surface area contributed by atoms with Gasteiger partial charge in [-0.15, -0.1) is 0 Å². The van der Waals surface area contributed by atoms with Gasteiger partial charge in [-0.05, 0) is 51.2 Å². The van der Waals surface area contributed by atoms with Crippen molar-refractivity contribution in [2.75, 3.05) is 32.1 Å². The van der Waals surface area contributed by atoms with Crippen molar-refractivity contribution < 1.29 is 13.2 Å². The molecular formula is C14H19F3N2. The highest BCUT2D eigenvalue weighted by atomic mass is 19.4. The first-order chi connectivity index (χ1) is 8.77. The largest absolute Gasteiger partial charge is 0.416 e. The molecule has 1 aliphatic heterocycles. The molecular weight excluding hydrogens is 253 g/mol. The SMILES string of the molecule is Cc1cc(N2CC[C@H](N(C)C)C2)cc(C(F)(F)F)c1. The lowest BCUT2D eigenvalue weighted by atomic mass is 10.1. The van der Waals surface area contributed by atoms with Gasteiger partial charge >= 0.3 is 6.18 Å². The van der Waals surface area contributed by atoms with Crippen LogP contribution >= 0.6 is 0 Å². The topological polar surface area (TPSA) is 6.48 Å². The molecule has 1 heterocycles. The Balaban J connectivity index is 2.24. The lowest BCUT2D eigenvalue weighted by Crippen LogP contribution is -2.31. The molecule has 0 spiro atoms. The van der Waals surface area contributed by atoms with Crippen LogP contribution in [0.15, 0.2) is 18.2 Å². The number of nitrogens with zero attached hydrogens (tertiary/aromatic N) is 2. The van der Waals surface area contributed by atoms with Crippen LogP contribution in [0.2, 0.25) is 0 Å². The number of halogens is 3. The quantitative estimate of drug-likeness (QED) is 0.816. The highest BCUT2D eigenvalue weighted by molar-refractivity contribution is 5.52. The van der Waals surface area contributed by atoms with Crippen molar-refractivity contribution in [1.82, 2.24) is 4.90 Å². The van der Waals surface area contributed by atoms with Crippen LogP contribution in [0.25, 0.3) is 0 Å². The van der Waals surface area contributed by atoms with Crippen molar-refractivity contribution in [3.05, 3.63) is 29.3 Å². The zero-order valence-electron chi connectivity index (χ0n) is 11.5. The number of hydrogen-bond donors (Lipinski definition) is 0. The van der Waals surface area contributed by atoms with Gasteiger partial charge in [0.2, 0.25) is 0 Å². The Labute approximate surface area is 111 Å². The van der Waals surface area contributed by atoms with E-state index in [2.05, 4.69) is 4.90 Å². The molecule has 0 bridgehead atoms. The summed E-state index contributed by atoms with van der Waals surface area (Å²) in [7, 11) is 4.01. The molecule has 1 aromatic carbocycles. The summed E-state index contributed by atoms with van der Waals surface area (Å²) in [4.78, 5) is 4.16. The first kappa shape index (κ1) is 14.2. The average Bonchev–Trinajstić information content (AvgIpc) is 2.76. The summed E-state index contributed by atoms with van der Waals surface area (Å²) in [5.41, 5.74) is 0.769. The number of benzene rings is 1. The number of anilines is 1. The van der Waals surface area contributed by atoms with Crippen LogP contribution < -0.4 is 4.90 Å². The number of aryl methyl sites for hydroxylation is 1. The maximum atomic E-state index is 12.8. The fraction of sp³-hybridized carbons (Fsp3) is 0.571. The Hall–Kier alpha value is -1.23. The molecule has 2 nitrogen and oxygen atoms in total. The Bertz CT molecular complexity index is 454. The third-order valence-corrected chi connectivity index (χ3v) is 3.65. The molecule has 0 aliphatic carbocycles. The van der Waals surface area contributed by atoms with Crippen molar-refractivity contribution in [3.8, 4) is 0 Å². The Morgan fingerprint density at radius 2 is 1.89 bits per heavy atom. The highest BCUT2D eigenvalue weighted by Gasteiger charge is 2.32. The minimum absolute atomic E-state index is 0.412. The first-order valence-corrected chi connectivity index (χ1v) is 6.37. The first-order valence-electron chi connectivity index (χ1n) is 6.37. The van der Waals surface area contributed by atoms with Gasteiger partial charge in [-0.3, -0.25) is 0 Å². The molecule has 1 atom stereocenters. The van der Waals surface area contributed by atoms with Crippen molar-refractivity contribution in [2.24, 2.45) is 0 Å². The van der Waals surface area contributed by atoms with Gasteiger partial charge in [0.25, 0.3) is 0 Å². The molecule has 2 rings (SSSR count).